The van der Waals surface area contributed by atoms with E-state index in [0.717, 1.165) is 5.70 Å². The van der Waals surface area contributed by atoms with Crippen molar-refractivity contribution < 1.29 is 0 Å². The summed E-state index contributed by atoms with van der Waals surface area (Å²) in [7, 11) is 1.92. The lowest BCUT2D eigenvalue weighted by Crippen LogP contribution is -2.01. The third kappa shape index (κ3) is 2.09. The average molecular weight is 162 g/mol. The molecular formula is C10H14N2. The van der Waals surface area contributed by atoms with E-state index in [2.05, 4.69) is 23.3 Å². The molecule has 1 aromatic rings. The second kappa shape index (κ2) is 3.90. The highest BCUT2D eigenvalue weighted by Gasteiger charge is 1.92. The Balaban J connectivity index is 2.96. The molecule has 0 amide bonds. The van der Waals surface area contributed by atoms with Crippen LogP contribution in [0.2, 0.25) is 0 Å². The molecule has 2 nitrogen and oxygen atoms in total. The molecule has 0 spiro atoms. The summed E-state index contributed by atoms with van der Waals surface area (Å²) in [6, 6.07) is 2.01. The summed E-state index contributed by atoms with van der Waals surface area (Å²) in [4.78, 5) is 4.03. The fourth-order valence-electron chi connectivity index (χ4n) is 0.952. The fourth-order valence-corrected chi connectivity index (χ4v) is 0.952. The Hall–Kier alpha value is -1.31. The number of rotatable bonds is 2. The number of nitrogens with one attached hydrogen (secondary N) is 1. The van der Waals surface area contributed by atoms with Gasteiger partial charge in [-0.25, -0.2) is 0 Å². The Morgan fingerprint density at radius 1 is 1.58 bits per heavy atom. The van der Waals surface area contributed by atoms with Crippen LogP contribution in [0.25, 0.3) is 6.08 Å². The van der Waals surface area contributed by atoms with Gasteiger partial charge >= 0.3 is 0 Å². The lowest BCUT2D eigenvalue weighted by molar-refractivity contribution is 1.00. The third-order valence-electron chi connectivity index (χ3n) is 1.83. The molecule has 1 heterocycles. The summed E-state index contributed by atoms with van der Waals surface area (Å²) < 4.78 is 0. The molecule has 0 bridgehead atoms. The van der Waals surface area contributed by atoms with Crippen LogP contribution in [0.1, 0.15) is 18.1 Å². The predicted molar refractivity (Wildman–Crippen MR) is 51.7 cm³/mol. The summed E-state index contributed by atoms with van der Waals surface area (Å²) in [5, 5.41) is 3.08. The average Bonchev–Trinajstić information content (AvgIpc) is 2.09. The zero-order chi connectivity index (χ0) is 8.97. The Morgan fingerprint density at radius 3 is 2.92 bits per heavy atom. The van der Waals surface area contributed by atoms with Crippen LogP contribution in [0.3, 0.4) is 0 Å². The molecule has 0 radical (unpaired) electrons. The van der Waals surface area contributed by atoms with Gasteiger partial charge in [0.15, 0.2) is 0 Å². The Kier molecular flexibility index (Phi) is 2.86. The molecule has 0 aliphatic heterocycles. The molecule has 1 aromatic heterocycles. The standard InChI is InChI=1S/C10H14N2/c1-8-7-12-5-4-10(8)6-9(2)11-3/h4-7,11H,1-3H3/b9-6-. The van der Waals surface area contributed by atoms with E-state index < -0.39 is 0 Å². The van der Waals surface area contributed by atoms with Gasteiger partial charge in [0.05, 0.1) is 0 Å². The summed E-state index contributed by atoms with van der Waals surface area (Å²) in [6.45, 7) is 4.10. The maximum absolute atomic E-state index is 4.03. The van der Waals surface area contributed by atoms with E-state index in [0.29, 0.717) is 0 Å². The zero-order valence-electron chi connectivity index (χ0n) is 7.76. The van der Waals surface area contributed by atoms with Crippen LogP contribution in [-0.2, 0) is 0 Å². The van der Waals surface area contributed by atoms with Crippen molar-refractivity contribution in [1.29, 1.82) is 0 Å². The van der Waals surface area contributed by atoms with Gasteiger partial charge in [-0.05, 0) is 37.1 Å². The molecule has 12 heavy (non-hydrogen) atoms. The van der Waals surface area contributed by atoms with Gasteiger partial charge in [-0.1, -0.05) is 0 Å². The van der Waals surface area contributed by atoms with Crippen molar-refractivity contribution in [2.75, 3.05) is 7.05 Å². The van der Waals surface area contributed by atoms with Gasteiger partial charge < -0.3 is 5.32 Å². The molecule has 0 aliphatic rings. The van der Waals surface area contributed by atoms with Crippen molar-refractivity contribution in [3.63, 3.8) is 0 Å². The molecule has 1 N–H and O–H groups in total. The van der Waals surface area contributed by atoms with Gasteiger partial charge in [-0.15, -0.1) is 0 Å². The van der Waals surface area contributed by atoms with Crippen LogP contribution < -0.4 is 5.32 Å². The van der Waals surface area contributed by atoms with E-state index in [-0.39, 0.29) is 0 Å². The number of aromatic nitrogens is 1. The number of hydrogen-bond acceptors (Lipinski definition) is 2. The van der Waals surface area contributed by atoms with Gasteiger partial charge in [0.2, 0.25) is 0 Å². The van der Waals surface area contributed by atoms with E-state index >= 15 is 0 Å². The van der Waals surface area contributed by atoms with Crippen LogP contribution in [0.4, 0.5) is 0 Å². The second-order valence-corrected chi connectivity index (χ2v) is 2.81. The number of pyridine rings is 1. The van der Waals surface area contributed by atoms with Crippen LogP contribution in [0.5, 0.6) is 0 Å². The van der Waals surface area contributed by atoms with Gasteiger partial charge in [0.1, 0.15) is 0 Å². The quantitative estimate of drug-likeness (QED) is 0.719. The van der Waals surface area contributed by atoms with Gasteiger partial charge in [0, 0.05) is 25.1 Å². The summed E-state index contributed by atoms with van der Waals surface area (Å²) in [6.07, 6.45) is 5.79. The maximum Gasteiger partial charge on any atom is 0.0303 e. The largest absolute Gasteiger partial charge is 0.392 e. The van der Waals surface area contributed by atoms with Gasteiger partial charge in [0.25, 0.3) is 0 Å². The normalized spacial score (nSPS) is 11.4. The smallest absolute Gasteiger partial charge is 0.0303 e. The van der Waals surface area contributed by atoms with Crippen molar-refractivity contribution >= 4 is 6.08 Å². The first-order chi connectivity index (χ1) is 5.74. The third-order valence-corrected chi connectivity index (χ3v) is 1.83. The number of nitrogens with zero attached hydrogens (tertiary/aromatic N) is 1. The van der Waals surface area contributed by atoms with Gasteiger partial charge in [-0.2, -0.15) is 0 Å². The molecule has 2 heteroatoms. The first-order valence-corrected chi connectivity index (χ1v) is 4.00. The van der Waals surface area contributed by atoms with Crippen LogP contribution in [0.15, 0.2) is 24.2 Å². The Labute approximate surface area is 73.3 Å². The topological polar surface area (TPSA) is 24.9 Å². The Bertz CT molecular complexity index is 290. The molecule has 0 aliphatic carbocycles. The monoisotopic (exact) mass is 162 g/mol. The highest BCUT2D eigenvalue weighted by atomic mass is 14.8. The van der Waals surface area contributed by atoms with Crippen molar-refractivity contribution in [1.82, 2.24) is 10.3 Å². The second-order valence-electron chi connectivity index (χ2n) is 2.81. The van der Waals surface area contributed by atoms with E-state index in [9.17, 15) is 0 Å². The summed E-state index contributed by atoms with van der Waals surface area (Å²) in [5.41, 5.74) is 3.58. The van der Waals surface area contributed by atoms with E-state index in [4.69, 9.17) is 0 Å². The number of aryl methyl sites for hydroxylation is 1. The number of hydrogen-bond donors (Lipinski definition) is 1. The van der Waals surface area contributed by atoms with Crippen LogP contribution >= 0.6 is 0 Å². The first-order valence-electron chi connectivity index (χ1n) is 4.00. The maximum atomic E-state index is 4.03. The first kappa shape index (κ1) is 8.78. The Morgan fingerprint density at radius 2 is 2.33 bits per heavy atom. The minimum atomic E-state index is 1.16. The lowest BCUT2D eigenvalue weighted by Gasteiger charge is -2.01. The van der Waals surface area contributed by atoms with Crippen molar-refractivity contribution in [2.24, 2.45) is 0 Å². The molecule has 0 aromatic carbocycles. The van der Waals surface area contributed by atoms with E-state index in [1.807, 2.05) is 32.4 Å². The molecule has 1 rings (SSSR count). The van der Waals surface area contributed by atoms with Crippen LogP contribution in [0, 0.1) is 6.92 Å². The molecule has 0 saturated carbocycles. The molecule has 64 valence electrons. The van der Waals surface area contributed by atoms with E-state index in [1.54, 1.807) is 0 Å². The molecule has 0 atom stereocenters. The zero-order valence-corrected chi connectivity index (χ0v) is 7.76. The fraction of sp³-hybridized carbons (Fsp3) is 0.300. The highest BCUT2D eigenvalue weighted by Crippen LogP contribution is 2.08. The number of allylic oxidation sites excluding steroid dienone is 1. The van der Waals surface area contributed by atoms with Crippen LogP contribution in [-0.4, -0.2) is 12.0 Å². The van der Waals surface area contributed by atoms with Crippen molar-refractivity contribution in [3.05, 3.63) is 35.3 Å². The summed E-state index contributed by atoms with van der Waals surface area (Å²) >= 11 is 0. The predicted octanol–water partition coefficient (Wildman–Crippen LogP) is 1.97. The van der Waals surface area contributed by atoms with Gasteiger partial charge in [-0.3, -0.25) is 4.98 Å². The minimum Gasteiger partial charge on any atom is -0.392 e. The minimum absolute atomic E-state index is 1.16. The molecule has 0 fully saturated rings. The molecular weight excluding hydrogens is 148 g/mol. The SMILES string of the molecule is CN/C(C)=C\c1ccncc1C. The molecule has 0 saturated heterocycles. The van der Waals surface area contributed by atoms with Crippen molar-refractivity contribution in [2.45, 2.75) is 13.8 Å². The molecule has 0 unspecified atom stereocenters. The van der Waals surface area contributed by atoms with E-state index in [1.165, 1.54) is 11.1 Å². The lowest BCUT2D eigenvalue weighted by atomic mass is 10.1. The highest BCUT2D eigenvalue weighted by molar-refractivity contribution is 5.54. The van der Waals surface area contributed by atoms with Crippen molar-refractivity contribution in [3.8, 4) is 0 Å². The summed E-state index contributed by atoms with van der Waals surface area (Å²) in [5.74, 6) is 0.